The number of pyridine rings is 1. The second kappa shape index (κ2) is 5.88. The Labute approximate surface area is 107 Å². The summed E-state index contributed by atoms with van der Waals surface area (Å²) in [7, 11) is 0. The number of benzene rings is 1. The van der Waals surface area contributed by atoms with Gasteiger partial charge in [0.2, 0.25) is 0 Å². The summed E-state index contributed by atoms with van der Waals surface area (Å²) < 4.78 is 1.98. The van der Waals surface area contributed by atoms with Crippen LogP contribution in [0.3, 0.4) is 0 Å². The molecule has 16 heavy (non-hydrogen) atoms. The average Bonchev–Trinajstić information content (AvgIpc) is 2.30. The monoisotopic (exact) mass is 253 g/mol. The van der Waals surface area contributed by atoms with Crippen molar-refractivity contribution in [1.29, 1.82) is 0 Å². The van der Waals surface area contributed by atoms with Gasteiger partial charge in [-0.25, -0.2) is 0 Å². The molecule has 0 aliphatic carbocycles. The molecule has 0 unspecified atom stereocenters. The van der Waals surface area contributed by atoms with Gasteiger partial charge >= 0.3 is 0 Å². The third kappa shape index (κ3) is 2.97. The Kier molecular flexibility index (Phi) is 4.78. The molecule has 0 spiro atoms. The zero-order valence-corrected chi connectivity index (χ0v) is 10.5. The first-order valence-electron chi connectivity index (χ1n) is 4.94. The second-order valence-corrected chi connectivity index (χ2v) is 3.98. The van der Waals surface area contributed by atoms with Crippen molar-refractivity contribution in [3.8, 4) is 0 Å². The van der Waals surface area contributed by atoms with Crippen molar-refractivity contribution in [2.75, 3.05) is 0 Å². The van der Waals surface area contributed by atoms with E-state index < -0.39 is 0 Å². The Balaban J connectivity index is 0.00000128. The summed E-state index contributed by atoms with van der Waals surface area (Å²) in [5.41, 5.74) is 2.23. The molecule has 3 heteroatoms. The Morgan fingerprint density at radius 2 is 1.56 bits per heavy atom. The summed E-state index contributed by atoms with van der Waals surface area (Å²) in [5.74, 6) is 0. The molecule has 2 aromatic rings. The zero-order valence-electron chi connectivity index (χ0n) is 8.98. The maximum absolute atomic E-state index is 6.35. The van der Waals surface area contributed by atoms with Crippen LogP contribution in [0.25, 0.3) is 0 Å². The van der Waals surface area contributed by atoms with E-state index in [1.165, 1.54) is 5.56 Å². The molecule has 0 bridgehead atoms. The smallest absolute Gasteiger partial charge is 0.258 e. The quantitative estimate of drug-likeness (QED) is 0.527. The van der Waals surface area contributed by atoms with E-state index in [2.05, 4.69) is 31.2 Å². The highest BCUT2D eigenvalue weighted by Gasteiger charge is 2.15. The predicted molar refractivity (Wildman–Crippen MR) is 61.8 cm³/mol. The highest BCUT2D eigenvalue weighted by atomic mass is 35.5. The van der Waals surface area contributed by atoms with E-state index in [9.17, 15) is 0 Å². The van der Waals surface area contributed by atoms with Crippen LogP contribution in [0.4, 0.5) is 0 Å². The highest BCUT2D eigenvalue weighted by molar-refractivity contribution is 6.19. The van der Waals surface area contributed by atoms with Crippen LogP contribution in [-0.2, 0) is 0 Å². The molecule has 0 saturated carbocycles. The molecule has 0 saturated heterocycles. The van der Waals surface area contributed by atoms with Crippen molar-refractivity contribution in [3.63, 3.8) is 0 Å². The van der Waals surface area contributed by atoms with Crippen LogP contribution in [0, 0.1) is 6.92 Å². The standard InChI is InChI=1S/C13H13ClN.ClH/c1-11-5-7-12(8-6-11)13(14)15-9-3-2-4-10-15;/h2-10,13H,1H3;1H/q+1;/p-1/t13-;/m0./s1. The normalized spacial score (nSPS) is 11.6. The summed E-state index contributed by atoms with van der Waals surface area (Å²) in [5, 5.41) is 0. The third-order valence-corrected chi connectivity index (χ3v) is 2.83. The van der Waals surface area contributed by atoms with Gasteiger partial charge < -0.3 is 12.4 Å². The van der Waals surface area contributed by atoms with E-state index in [0.29, 0.717) is 0 Å². The summed E-state index contributed by atoms with van der Waals surface area (Å²) in [6.07, 6.45) is 3.94. The van der Waals surface area contributed by atoms with Gasteiger partial charge in [0.25, 0.3) is 5.50 Å². The van der Waals surface area contributed by atoms with Gasteiger partial charge in [0.15, 0.2) is 12.4 Å². The number of aromatic nitrogens is 1. The summed E-state index contributed by atoms with van der Waals surface area (Å²) >= 11 is 6.35. The molecule has 0 aliphatic heterocycles. The van der Waals surface area contributed by atoms with Gasteiger partial charge in [0.1, 0.15) is 0 Å². The van der Waals surface area contributed by atoms with Crippen LogP contribution in [0.5, 0.6) is 0 Å². The lowest BCUT2D eigenvalue weighted by Crippen LogP contribution is -3.00. The van der Waals surface area contributed by atoms with Crippen LogP contribution in [0.2, 0.25) is 0 Å². The fourth-order valence-electron chi connectivity index (χ4n) is 1.46. The van der Waals surface area contributed by atoms with Crippen molar-refractivity contribution in [2.24, 2.45) is 0 Å². The maximum Gasteiger partial charge on any atom is 0.258 e. The third-order valence-electron chi connectivity index (χ3n) is 2.35. The summed E-state index contributed by atoms with van der Waals surface area (Å²) in [4.78, 5) is 0. The molecule has 0 fully saturated rings. The molecule has 0 radical (unpaired) electrons. The zero-order chi connectivity index (χ0) is 10.7. The molecule has 0 N–H and O–H groups in total. The fourth-order valence-corrected chi connectivity index (χ4v) is 1.74. The lowest BCUT2D eigenvalue weighted by atomic mass is 10.1. The lowest BCUT2D eigenvalue weighted by molar-refractivity contribution is -0.694. The van der Waals surface area contributed by atoms with Crippen LogP contribution in [0.15, 0.2) is 54.9 Å². The minimum atomic E-state index is -0.133. The van der Waals surface area contributed by atoms with Gasteiger partial charge in [-0.2, -0.15) is 4.57 Å². The summed E-state index contributed by atoms with van der Waals surface area (Å²) in [6.45, 7) is 2.07. The number of hydrogen-bond acceptors (Lipinski definition) is 0. The fraction of sp³-hybridized carbons (Fsp3) is 0.154. The number of nitrogens with zero attached hydrogens (tertiary/aromatic N) is 1. The molecule has 1 nitrogen and oxygen atoms in total. The Hall–Kier alpha value is -1.05. The van der Waals surface area contributed by atoms with Gasteiger partial charge in [-0.15, -0.1) is 0 Å². The Morgan fingerprint density at radius 3 is 2.12 bits per heavy atom. The topological polar surface area (TPSA) is 3.88 Å². The van der Waals surface area contributed by atoms with Gasteiger partial charge in [0.05, 0.1) is 0 Å². The van der Waals surface area contributed by atoms with E-state index >= 15 is 0 Å². The first-order chi connectivity index (χ1) is 7.27. The Morgan fingerprint density at radius 1 is 1.00 bits per heavy atom. The van der Waals surface area contributed by atoms with Crippen molar-refractivity contribution in [1.82, 2.24) is 0 Å². The number of rotatable bonds is 2. The van der Waals surface area contributed by atoms with Gasteiger partial charge in [-0.05, 0) is 18.5 Å². The van der Waals surface area contributed by atoms with E-state index in [1.807, 2.05) is 35.2 Å². The van der Waals surface area contributed by atoms with Gasteiger partial charge in [-0.1, -0.05) is 35.9 Å². The number of aryl methyl sites for hydroxylation is 1. The van der Waals surface area contributed by atoms with Crippen molar-refractivity contribution >= 4 is 11.6 Å². The van der Waals surface area contributed by atoms with Gasteiger partial charge in [0, 0.05) is 17.7 Å². The molecule has 1 aromatic heterocycles. The van der Waals surface area contributed by atoms with Crippen LogP contribution in [0.1, 0.15) is 16.6 Å². The highest BCUT2D eigenvalue weighted by Crippen LogP contribution is 2.16. The molecule has 0 aliphatic rings. The van der Waals surface area contributed by atoms with Crippen LogP contribution in [-0.4, -0.2) is 0 Å². The molecule has 1 atom stereocenters. The van der Waals surface area contributed by atoms with E-state index in [1.54, 1.807) is 0 Å². The summed E-state index contributed by atoms with van der Waals surface area (Å²) in [6, 6.07) is 14.2. The van der Waals surface area contributed by atoms with Crippen LogP contribution >= 0.6 is 11.6 Å². The SMILES string of the molecule is Cc1ccc([C@@H](Cl)[n+]2ccccc2)cc1.[Cl-]. The molecule has 0 amide bonds. The van der Waals surface area contributed by atoms with E-state index in [-0.39, 0.29) is 17.9 Å². The minimum Gasteiger partial charge on any atom is -1.00 e. The molecule has 1 heterocycles. The molecule has 2 rings (SSSR count). The van der Waals surface area contributed by atoms with Crippen LogP contribution < -0.4 is 17.0 Å². The maximum atomic E-state index is 6.35. The Bertz CT molecular complexity index is 425. The predicted octanol–water partition coefficient (Wildman–Crippen LogP) is 0.0722. The molecular formula is C13H13Cl2N. The largest absolute Gasteiger partial charge is 1.00 e. The lowest BCUT2D eigenvalue weighted by Gasteiger charge is -2.05. The number of alkyl halides is 1. The van der Waals surface area contributed by atoms with Gasteiger partial charge in [-0.3, -0.25) is 0 Å². The van der Waals surface area contributed by atoms with E-state index in [4.69, 9.17) is 11.6 Å². The second-order valence-electron chi connectivity index (χ2n) is 3.57. The van der Waals surface area contributed by atoms with E-state index in [0.717, 1.165) is 5.56 Å². The van der Waals surface area contributed by atoms with Crippen molar-refractivity contribution < 1.29 is 17.0 Å². The first kappa shape index (κ1) is 13.0. The molecule has 1 aromatic carbocycles. The first-order valence-corrected chi connectivity index (χ1v) is 5.37. The average molecular weight is 254 g/mol. The molecular weight excluding hydrogens is 241 g/mol. The van der Waals surface area contributed by atoms with Crippen molar-refractivity contribution in [3.05, 3.63) is 66.0 Å². The molecule has 84 valence electrons. The number of hydrogen-bond donors (Lipinski definition) is 0. The van der Waals surface area contributed by atoms with Crippen molar-refractivity contribution in [2.45, 2.75) is 12.4 Å². The number of halogens is 2. The minimum absolute atomic E-state index is 0.